The molecule has 1 amide bonds. The summed E-state index contributed by atoms with van der Waals surface area (Å²) >= 11 is 6.07. The highest BCUT2D eigenvalue weighted by Gasteiger charge is 2.31. The van der Waals surface area contributed by atoms with Gasteiger partial charge in [0.15, 0.2) is 0 Å². The molecule has 0 unspecified atom stereocenters. The number of methoxy groups -OCH3 is 2. The lowest BCUT2D eigenvalue weighted by molar-refractivity contribution is -0.143. The molecule has 3 N–H and O–H groups in total. The molecule has 2 atom stereocenters. The summed E-state index contributed by atoms with van der Waals surface area (Å²) in [5.41, 5.74) is 6.47. The number of piperidine rings is 1. The molecule has 8 nitrogen and oxygen atoms in total. The molecule has 0 saturated carbocycles. The van der Waals surface area contributed by atoms with Gasteiger partial charge in [0.05, 0.1) is 42.1 Å². The zero-order valence-electron chi connectivity index (χ0n) is 17.2. The molecular weight excluding hydrogens is 398 g/mol. The summed E-state index contributed by atoms with van der Waals surface area (Å²) in [6.07, 6.45) is 1.70. The van der Waals surface area contributed by atoms with E-state index in [1.807, 2.05) is 0 Å². The number of hydrogen-bond acceptors (Lipinski definition) is 7. The average Bonchev–Trinajstić information content (AvgIpc) is 2.70. The number of amides is 1. The highest BCUT2D eigenvalue weighted by molar-refractivity contribution is 6.33. The van der Waals surface area contributed by atoms with E-state index in [0.717, 1.165) is 25.9 Å². The molecule has 1 heterocycles. The van der Waals surface area contributed by atoms with Gasteiger partial charge in [-0.15, -0.1) is 0 Å². The van der Waals surface area contributed by atoms with Gasteiger partial charge in [-0.1, -0.05) is 11.6 Å². The first-order valence-corrected chi connectivity index (χ1v) is 10.1. The van der Waals surface area contributed by atoms with Crippen LogP contribution in [0.2, 0.25) is 5.02 Å². The summed E-state index contributed by atoms with van der Waals surface area (Å²) in [5, 5.41) is 3.33. The molecule has 9 heteroatoms. The number of nitrogens with one attached hydrogen (secondary N) is 1. The number of likely N-dealkylation sites (tertiary alicyclic amines) is 1. The van der Waals surface area contributed by atoms with E-state index in [9.17, 15) is 9.59 Å². The summed E-state index contributed by atoms with van der Waals surface area (Å²) in [6, 6.07) is 2.91. The van der Waals surface area contributed by atoms with Gasteiger partial charge in [-0.3, -0.25) is 9.59 Å². The second kappa shape index (κ2) is 11.2. The number of nitrogens with two attached hydrogens (primary N) is 1. The molecule has 0 bridgehead atoms. The van der Waals surface area contributed by atoms with E-state index in [-0.39, 0.29) is 24.0 Å². The molecule has 0 spiro atoms. The number of carbonyl (C=O) groups excluding carboxylic acids is 2. The summed E-state index contributed by atoms with van der Waals surface area (Å²) in [7, 11) is 3.11. The fourth-order valence-electron chi connectivity index (χ4n) is 3.43. The maximum atomic E-state index is 12.8. The monoisotopic (exact) mass is 427 g/mol. The highest BCUT2D eigenvalue weighted by Crippen LogP contribution is 2.29. The number of benzene rings is 1. The predicted molar refractivity (Wildman–Crippen MR) is 111 cm³/mol. The van der Waals surface area contributed by atoms with Gasteiger partial charge < -0.3 is 30.2 Å². The Morgan fingerprint density at radius 3 is 2.76 bits per heavy atom. The van der Waals surface area contributed by atoms with Crippen molar-refractivity contribution in [3.8, 4) is 5.75 Å². The Morgan fingerprint density at radius 2 is 2.10 bits per heavy atom. The molecule has 1 saturated heterocycles. The van der Waals surface area contributed by atoms with Gasteiger partial charge in [0.2, 0.25) is 0 Å². The molecule has 2 rings (SSSR count). The number of carbonyl (C=O) groups is 2. The van der Waals surface area contributed by atoms with Gasteiger partial charge in [-0.05, 0) is 32.4 Å². The lowest BCUT2D eigenvalue weighted by atomic mass is 10.0. The molecule has 1 aliphatic rings. The Morgan fingerprint density at radius 1 is 1.34 bits per heavy atom. The van der Waals surface area contributed by atoms with E-state index in [0.29, 0.717) is 41.6 Å². The summed E-state index contributed by atoms with van der Waals surface area (Å²) < 4.78 is 15.8. The minimum Gasteiger partial charge on any atom is -0.496 e. The van der Waals surface area contributed by atoms with Crippen molar-refractivity contribution in [1.82, 2.24) is 10.2 Å². The van der Waals surface area contributed by atoms with Crippen LogP contribution in [-0.2, 0) is 14.3 Å². The van der Waals surface area contributed by atoms with Crippen molar-refractivity contribution in [2.24, 2.45) is 0 Å². The standard InChI is InChI=1S/C20H30ClN3O5/c1-4-29-19(25)6-5-8-24-9-7-16(18(12-24)28-3)23-20(26)13-10-14(21)15(22)11-17(13)27-2/h10-11,16,18H,4-9,12,22H2,1-3H3,(H,23,26)/t16-,18+/m0/s1. The van der Waals surface area contributed by atoms with Crippen LogP contribution in [0.1, 0.15) is 36.5 Å². The number of anilines is 1. The Balaban J connectivity index is 1.93. The maximum Gasteiger partial charge on any atom is 0.305 e. The molecule has 1 aromatic rings. The normalized spacial score (nSPS) is 19.6. The lowest BCUT2D eigenvalue weighted by Gasteiger charge is -2.38. The molecule has 29 heavy (non-hydrogen) atoms. The van der Waals surface area contributed by atoms with Crippen molar-refractivity contribution in [2.75, 3.05) is 46.2 Å². The molecule has 1 fully saturated rings. The van der Waals surface area contributed by atoms with Crippen LogP contribution in [0.25, 0.3) is 0 Å². The van der Waals surface area contributed by atoms with Crippen LogP contribution in [0.4, 0.5) is 5.69 Å². The average molecular weight is 428 g/mol. The van der Waals surface area contributed by atoms with Gasteiger partial charge in [0.1, 0.15) is 5.75 Å². The minimum absolute atomic E-state index is 0.144. The summed E-state index contributed by atoms with van der Waals surface area (Å²) in [5.74, 6) is -0.0876. The Hall–Kier alpha value is -2.03. The molecule has 1 aromatic carbocycles. The first kappa shape index (κ1) is 23.3. The van der Waals surface area contributed by atoms with E-state index in [2.05, 4.69) is 10.2 Å². The maximum absolute atomic E-state index is 12.8. The van der Waals surface area contributed by atoms with Gasteiger partial charge in [-0.25, -0.2) is 0 Å². The number of nitrogens with zero attached hydrogens (tertiary/aromatic N) is 1. The number of hydrogen-bond donors (Lipinski definition) is 2. The van der Waals surface area contributed by atoms with Crippen LogP contribution in [0, 0.1) is 0 Å². The van der Waals surface area contributed by atoms with E-state index < -0.39 is 0 Å². The number of rotatable bonds is 9. The van der Waals surface area contributed by atoms with Crippen molar-refractivity contribution in [2.45, 2.75) is 38.3 Å². The zero-order chi connectivity index (χ0) is 21.4. The third kappa shape index (κ3) is 6.48. The van der Waals surface area contributed by atoms with Crippen LogP contribution in [0.15, 0.2) is 12.1 Å². The van der Waals surface area contributed by atoms with Crippen LogP contribution >= 0.6 is 11.6 Å². The number of nitrogen functional groups attached to an aromatic ring is 1. The second-order valence-corrected chi connectivity index (χ2v) is 7.33. The number of esters is 1. The van der Waals surface area contributed by atoms with Crippen LogP contribution in [0.3, 0.4) is 0 Å². The van der Waals surface area contributed by atoms with Gasteiger partial charge in [0.25, 0.3) is 5.91 Å². The largest absolute Gasteiger partial charge is 0.496 e. The van der Waals surface area contributed by atoms with Crippen molar-refractivity contribution < 1.29 is 23.8 Å². The molecule has 162 valence electrons. The fourth-order valence-corrected chi connectivity index (χ4v) is 3.59. The second-order valence-electron chi connectivity index (χ2n) is 6.93. The number of ether oxygens (including phenoxy) is 3. The topological polar surface area (TPSA) is 103 Å². The Labute approximate surface area is 176 Å². The third-order valence-corrected chi connectivity index (χ3v) is 5.31. The zero-order valence-corrected chi connectivity index (χ0v) is 18.0. The van der Waals surface area contributed by atoms with Gasteiger partial charge >= 0.3 is 5.97 Å². The SMILES string of the molecule is CCOC(=O)CCCN1CC[C@H](NC(=O)c2cc(Cl)c(N)cc2OC)[C@H](OC)C1. The van der Waals surface area contributed by atoms with Crippen LogP contribution in [-0.4, -0.2) is 69.4 Å². The van der Waals surface area contributed by atoms with Crippen molar-refractivity contribution in [1.29, 1.82) is 0 Å². The van der Waals surface area contributed by atoms with Gasteiger partial charge in [0, 0.05) is 32.7 Å². The minimum atomic E-state index is -0.286. The first-order chi connectivity index (χ1) is 13.9. The fraction of sp³-hybridized carbons (Fsp3) is 0.600. The predicted octanol–water partition coefficient (Wildman–Crippen LogP) is 2.09. The Bertz CT molecular complexity index is 716. The third-order valence-electron chi connectivity index (χ3n) is 4.99. The van der Waals surface area contributed by atoms with E-state index in [4.69, 9.17) is 31.5 Å². The first-order valence-electron chi connectivity index (χ1n) is 9.74. The highest BCUT2D eigenvalue weighted by atomic mass is 35.5. The van der Waals surface area contributed by atoms with E-state index in [1.165, 1.54) is 19.2 Å². The van der Waals surface area contributed by atoms with Crippen molar-refractivity contribution >= 4 is 29.2 Å². The van der Waals surface area contributed by atoms with Crippen LogP contribution in [0.5, 0.6) is 5.75 Å². The van der Waals surface area contributed by atoms with Crippen LogP contribution < -0.4 is 15.8 Å². The molecule has 1 aliphatic heterocycles. The Kier molecular flexibility index (Phi) is 9.00. The van der Waals surface area contributed by atoms with Gasteiger partial charge in [-0.2, -0.15) is 0 Å². The smallest absolute Gasteiger partial charge is 0.305 e. The summed E-state index contributed by atoms with van der Waals surface area (Å²) in [6.45, 7) is 4.45. The lowest BCUT2D eigenvalue weighted by Crippen LogP contribution is -2.54. The summed E-state index contributed by atoms with van der Waals surface area (Å²) in [4.78, 5) is 26.5. The number of halogens is 1. The van der Waals surface area contributed by atoms with E-state index >= 15 is 0 Å². The molecule has 0 radical (unpaired) electrons. The van der Waals surface area contributed by atoms with E-state index in [1.54, 1.807) is 14.0 Å². The van der Waals surface area contributed by atoms with Crippen molar-refractivity contribution in [3.05, 3.63) is 22.7 Å². The molecule has 0 aliphatic carbocycles. The molecule has 0 aromatic heterocycles. The molecular formula is C20H30ClN3O5. The van der Waals surface area contributed by atoms with Crippen molar-refractivity contribution in [3.63, 3.8) is 0 Å². The quantitative estimate of drug-likeness (QED) is 0.459.